The molecule has 0 radical (unpaired) electrons. The summed E-state index contributed by atoms with van der Waals surface area (Å²) in [5.41, 5.74) is 2.81. The normalized spacial score (nSPS) is 10.7. The van der Waals surface area contributed by atoms with Crippen LogP contribution in [0, 0.1) is 0 Å². The summed E-state index contributed by atoms with van der Waals surface area (Å²) in [6.45, 7) is 0. The van der Waals surface area contributed by atoms with Gasteiger partial charge in [-0.15, -0.1) is 10.2 Å². The minimum atomic E-state index is -0.372. The number of nitrogens with one attached hydrogen (secondary N) is 2. The highest BCUT2D eigenvalue weighted by atomic mass is 16.3. The molecule has 2 rings (SSSR count). The van der Waals surface area contributed by atoms with Crippen molar-refractivity contribution in [3.8, 4) is 5.75 Å². The number of benzene rings is 1. The lowest BCUT2D eigenvalue weighted by Gasteiger charge is -1.98. The molecule has 3 N–H and O–H groups in total. The number of hydrogen-bond acceptors (Lipinski definition) is 6. The van der Waals surface area contributed by atoms with Gasteiger partial charge in [0.05, 0.1) is 12.6 Å². The van der Waals surface area contributed by atoms with E-state index in [2.05, 4.69) is 31.2 Å². The van der Waals surface area contributed by atoms with E-state index in [1.54, 1.807) is 18.2 Å². The Balaban J connectivity index is 1.88. The number of aromatic hydroxyl groups is 1. The smallest absolute Gasteiger partial charge is 0.247 e. The van der Waals surface area contributed by atoms with E-state index in [1.165, 1.54) is 12.3 Å². The molecule has 0 atom stereocenters. The van der Waals surface area contributed by atoms with Crippen LogP contribution in [0.5, 0.6) is 5.75 Å². The number of hydrogen-bond donors (Lipinski definition) is 3. The summed E-state index contributed by atoms with van der Waals surface area (Å²) >= 11 is 0. The molecule has 0 saturated carbocycles. The zero-order chi connectivity index (χ0) is 12.8. The average molecular weight is 246 g/mol. The predicted octanol–water partition coefficient (Wildman–Crippen LogP) is -0.402. The number of phenolic OH excluding ortho intramolecular Hbond substituents is 1. The summed E-state index contributed by atoms with van der Waals surface area (Å²) < 4.78 is 0. The van der Waals surface area contributed by atoms with E-state index < -0.39 is 0 Å². The highest BCUT2D eigenvalue weighted by Crippen LogP contribution is 2.12. The number of carbonyl (C=O) groups excluding carboxylic acids is 1. The molecule has 0 spiro atoms. The molecule has 18 heavy (non-hydrogen) atoms. The van der Waals surface area contributed by atoms with Gasteiger partial charge < -0.3 is 5.11 Å². The van der Waals surface area contributed by atoms with Gasteiger partial charge in [0.1, 0.15) is 5.75 Å². The summed E-state index contributed by atoms with van der Waals surface area (Å²) in [5, 5.41) is 26.0. The molecule has 0 saturated heterocycles. The first kappa shape index (κ1) is 11.7. The van der Waals surface area contributed by atoms with Crippen molar-refractivity contribution < 1.29 is 9.90 Å². The second-order valence-electron chi connectivity index (χ2n) is 3.36. The molecule has 1 aromatic heterocycles. The Kier molecular flexibility index (Phi) is 3.59. The molecule has 1 aromatic carbocycles. The number of H-pyrrole nitrogens is 1. The van der Waals surface area contributed by atoms with Gasteiger partial charge in [-0.2, -0.15) is 10.3 Å². The van der Waals surface area contributed by atoms with E-state index in [0.717, 1.165) is 0 Å². The van der Waals surface area contributed by atoms with Crippen molar-refractivity contribution in [2.75, 3.05) is 0 Å². The Morgan fingerprint density at radius 3 is 3.06 bits per heavy atom. The number of nitrogens with zero attached hydrogens (tertiary/aromatic N) is 4. The van der Waals surface area contributed by atoms with Crippen LogP contribution in [0.2, 0.25) is 0 Å². The molecule has 92 valence electrons. The Morgan fingerprint density at radius 1 is 1.50 bits per heavy atom. The Morgan fingerprint density at radius 2 is 2.33 bits per heavy atom. The first-order valence-electron chi connectivity index (χ1n) is 5.08. The molecule has 8 nitrogen and oxygen atoms in total. The largest absolute Gasteiger partial charge is 0.507 e. The first-order chi connectivity index (χ1) is 8.75. The standard InChI is InChI=1S/C10H10N6O2/c17-8-4-2-1-3-7(8)6-11-14-10(18)5-9-12-15-16-13-9/h1-4,6,17H,5H2,(H,14,18)(H,12,13,15,16)/b11-6-. The molecule has 1 amide bonds. The number of tetrazole rings is 1. The molecule has 0 aliphatic heterocycles. The lowest BCUT2D eigenvalue weighted by atomic mass is 10.2. The SMILES string of the molecule is O=C(Cc1nn[nH]n1)N/N=C\c1ccccc1O. The number of phenols is 1. The summed E-state index contributed by atoms with van der Waals surface area (Å²) in [6.07, 6.45) is 1.33. The van der Waals surface area contributed by atoms with Crippen molar-refractivity contribution in [3.63, 3.8) is 0 Å². The fourth-order valence-electron chi connectivity index (χ4n) is 1.21. The number of aromatic amines is 1. The Hall–Kier alpha value is -2.77. The minimum Gasteiger partial charge on any atom is -0.507 e. The van der Waals surface area contributed by atoms with Crippen LogP contribution in [-0.4, -0.2) is 37.9 Å². The first-order valence-corrected chi connectivity index (χ1v) is 5.08. The quantitative estimate of drug-likeness (QED) is 0.501. The van der Waals surface area contributed by atoms with Crippen molar-refractivity contribution in [1.82, 2.24) is 26.0 Å². The van der Waals surface area contributed by atoms with Gasteiger partial charge in [0.15, 0.2) is 5.82 Å². The van der Waals surface area contributed by atoms with Gasteiger partial charge in [-0.3, -0.25) is 4.79 Å². The van der Waals surface area contributed by atoms with Crippen LogP contribution in [0.3, 0.4) is 0 Å². The van der Waals surface area contributed by atoms with E-state index in [1.807, 2.05) is 0 Å². The fraction of sp³-hybridized carbons (Fsp3) is 0.100. The van der Waals surface area contributed by atoms with Crippen LogP contribution < -0.4 is 5.43 Å². The van der Waals surface area contributed by atoms with Gasteiger partial charge in [-0.1, -0.05) is 17.3 Å². The molecule has 0 bridgehead atoms. The maximum Gasteiger partial charge on any atom is 0.247 e. The molecular weight excluding hydrogens is 236 g/mol. The van der Waals surface area contributed by atoms with Crippen molar-refractivity contribution in [2.45, 2.75) is 6.42 Å². The van der Waals surface area contributed by atoms with Gasteiger partial charge in [-0.05, 0) is 12.1 Å². The number of aromatic nitrogens is 4. The van der Waals surface area contributed by atoms with E-state index >= 15 is 0 Å². The molecule has 8 heteroatoms. The third-order valence-corrected chi connectivity index (χ3v) is 2.04. The number of hydrazone groups is 1. The summed E-state index contributed by atoms with van der Waals surface area (Å²) in [6, 6.07) is 6.65. The van der Waals surface area contributed by atoms with Gasteiger partial charge in [0.2, 0.25) is 5.91 Å². The van der Waals surface area contributed by atoms with Gasteiger partial charge in [0.25, 0.3) is 0 Å². The second-order valence-corrected chi connectivity index (χ2v) is 3.36. The van der Waals surface area contributed by atoms with E-state index in [-0.39, 0.29) is 23.9 Å². The van der Waals surface area contributed by atoms with Gasteiger partial charge >= 0.3 is 0 Å². The van der Waals surface area contributed by atoms with Crippen molar-refractivity contribution >= 4 is 12.1 Å². The highest BCUT2D eigenvalue weighted by Gasteiger charge is 2.05. The lowest BCUT2D eigenvalue weighted by Crippen LogP contribution is -2.20. The zero-order valence-electron chi connectivity index (χ0n) is 9.24. The molecule has 1 heterocycles. The van der Waals surface area contributed by atoms with Crippen LogP contribution >= 0.6 is 0 Å². The third kappa shape index (κ3) is 3.11. The van der Waals surface area contributed by atoms with Crippen LogP contribution in [0.25, 0.3) is 0 Å². The third-order valence-electron chi connectivity index (χ3n) is 2.04. The average Bonchev–Trinajstić information content (AvgIpc) is 2.84. The maximum atomic E-state index is 11.4. The van der Waals surface area contributed by atoms with Gasteiger partial charge in [0, 0.05) is 5.56 Å². The van der Waals surface area contributed by atoms with Crippen LogP contribution in [0.15, 0.2) is 29.4 Å². The van der Waals surface area contributed by atoms with Gasteiger partial charge in [-0.25, -0.2) is 5.43 Å². The number of amides is 1. The van der Waals surface area contributed by atoms with E-state index in [4.69, 9.17) is 0 Å². The number of carbonyl (C=O) groups is 1. The zero-order valence-corrected chi connectivity index (χ0v) is 9.24. The van der Waals surface area contributed by atoms with Crippen molar-refractivity contribution in [3.05, 3.63) is 35.7 Å². The molecule has 0 unspecified atom stereocenters. The highest BCUT2D eigenvalue weighted by molar-refractivity contribution is 5.85. The Labute approximate surface area is 102 Å². The van der Waals surface area contributed by atoms with Crippen LogP contribution in [0.4, 0.5) is 0 Å². The minimum absolute atomic E-state index is 0.0192. The summed E-state index contributed by atoms with van der Waals surface area (Å²) in [5.74, 6) is 0.00185. The van der Waals surface area contributed by atoms with E-state index in [0.29, 0.717) is 5.56 Å². The monoisotopic (exact) mass is 246 g/mol. The Bertz CT molecular complexity index is 551. The number of para-hydroxylation sites is 1. The topological polar surface area (TPSA) is 116 Å². The van der Waals surface area contributed by atoms with Crippen LogP contribution in [-0.2, 0) is 11.2 Å². The van der Waals surface area contributed by atoms with Crippen molar-refractivity contribution in [2.24, 2.45) is 5.10 Å². The van der Waals surface area contributed by atoms with Crippen LogP contribution in [0.1, 0.15) is 11.4 Å². The van der Waals surface area contributed by atoms with Crippen molar-refractivity contribution in [1.29, 1.82) is 0 Å². The molecule has 0 aliphatic carbocycles. The summed E-state index contributed by atoms with van der Waals surface area (Å²) in [4.78, 5) is 11.4. The number of rotatable bonds is 4. The van der Waals surface area contributed by atoms with E-state index in [9.17, 15) is 9.90 Å². The second kappa shape index (κ2) is 5.53. The molecular formula is C10H10N6O2. The maximum absolute atomic E-state index is 11.4. The predicted molar refractivity (Wildman–Crippen MR) is 61.7 cm³/mol. The summed E-state index contributed by atoms with van der Waals surface area (Å²) in [7, 11) is 0. The fourth-order valence-corrected chi connectivity index (χ4v) is 1.21. The molecule has 0 aliphatic rings. The lowest BCUT2D eigenvalue weighted by molar-refractivity contribution is -0.120. The molecule has 2 aromatic rings. The molecule has 0 fully saturated rings.